The molecular weight excluding hydrogens is 233 g/mol. The summed E-state index contributed by atoms with van der Waals surface area (Å²) in [7, 11) is 0. The van der Waals surface area contributed by atoms with E-state index in [1.54, 1.807) is 0 Å². The molecule has 2 rings (SSSR count). The third-order valence-corrected chi connectivity index (χ3v) is 1.92. The van der Waals surface area contributed by atoms with Crippen molar-refractivity contribution in [2.75, 3.05) is 0 Å². The molecule has 1 radical (unpaired) electrons. The number of hydrogen-bond acceptors (Lipinski definition) is 0. The molecule has 69 valence electrons. The van der Waals surface area contributed by atoms with Crippen LogP contribution in [0.4, 0.5) is 0 Å². The van der Waals surface area contributed by atoms with Crippen molar-refractivity contribution in [3.05, 3.63) is 42.8 Å². The summed E-state index contributed by atoms with van der Waals surface area (Å²) < 4.78 is 0. The van der Waals surface area contributed by atoms with E-state index in [1.807, 2.05) is 30.3 Å². The van der Waals surface area contributed by atoms with E-state index in [9.17, 15) is 0 Å². The molecule has 1 heteroatoms. The van der Waals surface area contributed by atoms with Crippen molar-refractivity contribution < 1.29 is 32.7 Å². The summed E-state index contributed by atoms with van der Waals surface area (Å²) in [5.41, 5.74) is 0. The Labute approximate surface area is 107 Å². The smallest absolute Gasteiger partial charge is 0 e. The maximum Gasteiger partial charge on any atom is 0 e. The maximum atomic E-state index is 2.89. The summed E-state index contributed by atoms with van der Waals surface area (Å²) in [5, 5.41) is 0. The van der Waals surface area contributed by atoms with Crippen LogP contribution in [0, 0.1) is 12.5 Å². The fourth-order valence-electron chi connectivity index (χ4n) is 1.24. The molecule has 0 atom stereocenters. The summed E-state index contributed by atoms with van der Waals surface area (Å²) in [6.45, 7) is 0. The molecule has 1 saturated carbocycles. The van der Waals surface area contributed by atoms with Gasteiger partial charge < -0.3 is 6.42 Å². The first-order valence-corrected chi connectivity index (χ1v) is 4.73. The number of rotatable bonds is 0. The van der Waals surface area contributed by atoms with E-state index in [0.29, 0.717) is 0 Å². The van der Waals surface area contributed by atoms with E-state index in [2.05, 4.69) is 12.5 Å². The monoisotopic (exact) mass is 249 g/mol. The minimum absolute atomic E-state index is 0. The molecule has 1 aromatic rings. The normalized spacial score (nSPS) is 14.8. The van der Waals surface area contributed by atoms with Gasteiger partial charge in [-0.3, -0.25) is 0 Å². The van der Waals surface area contributed by atoms with Gasteiger partial charge in [-0.1, -0.05) is 19.3 Å². The van der Waals surface area contributed by atoms with Crippen LogP contribution in [0.15, 0.2) is 30.3 Å². The molecule has 0 N–H and O–H groups in total. The van der Waals surface area contributed by atoms with Crippen molar-refractivity contribution >= 4 is 0 Å². The van der Waals surface area contributed by atoms with Crippen molar-refractivity contribution in [3.8, 4) is 0 Å². The molecule has 0 amide bonds. The van der Waals surface area contributed by atoms with Gasteiger partial charge in [-0.15, -0.1) is 0 Å². The third-order valence-electron chi connectivity index (χ3n) is 1.92. The van der Waals surface area contributed by atoms with Gasteiger partial charge in [0.1, 0.15) is 0 Å². The van der Waals surface area contributed by atoms with Crippen molar-refractivity contribution in [2.24, 2.45) is 0 Å². The second-order valence-corrected chi connectivity index (χ2v) is 3.00. The van der Waals surface area contributed by atoms with Gasteiger partial charge in [0, 0.05) is 32.7 Å². The van der Waals surface area contributed by atoms with Gasteiger partial charge in [-0.25, -0.2) is 0 Å². The third kappa shape index (κ3) is 8.65. The molecule has 1 aromatic carbocycles. The first kappa shape index (κ1) is 13.3. The molecule has 0 nitrogen and oxygen atoms in total. The van der Waals surface area contributed by atoms with E-state index in [1.165, 1.54) is 32.1 Å². The Morgan fingerprint density at radius 1 is 0.846 bits per heavy atom. The standard InChI is InChI=1S/C6H11.C6H5.Y/c2*1-2-4-6-5-3-1;/h1H,2-6H2;1-5H;/q2*-1;. The molecule has 0 saturated heterocycles. The zero-order valence-electron chi connectivity index (χ0n) is 8.08. The van der Waals surface area contributed by atoms with Crippen LogP contribution in [-0.2, 0) is 32.7 Å². The van der Waals surface area contributed by atoms with Crippen LogP contribution in [0.5, 0.6) is 0 Å². The van der Waals surface area contributed by atoms with Crippen LogP contribution in [0.2, 0.25) is 0 Å². The average Bonchev–Trinajstić information content (AvgIpc) is 2.24. The van der Waals surface area contributed by atoms with Gasteiger partial charge in [0.15, 0.2) is 0 Å². The molecule has 13 heavy (non-hydrogen) atoms. The van der Waals surface area contributed by atoms with Crippen LogP contribution in [0.25, 0.3) is 0 Å². The Hall–Kier alpha value is 0.324. The summed E-state index contributed by atoms with van der Waals surface area (Å²) >= 11 is 0. The Balaban J connectivity index is 0.000000206. The predicted octanol–water partition coefficient (Wildman–Crippen LogP) is 3.64. The van der Waals surface area contributed by atoms with E-state index in [-0.39, 0.29) is 32.7 Å². The van der Waals surface area contributed by atoms with E-state index in [4.69, 9.17) is 0 Å². The van der Waals surface area contributed by atoms with Crippen LogP contribution >= 0.6 is 0 Å². The molecule has 1 aliphatic rings. The first-order chi connectivity index (χ1) is 6.00. The average molecular weight is 249 g/mol. The van der Waals surface area contributed by atoms with Gasteiger partial charge in [-0.05, 0) is 0 Å². The number of hydrogen-bond donors (Lipinski definition) is 0. The Morgan fingerprint density at radius 2 is 1.46 bits per heavy atom. The van der Waals surface area contributed by atoms with Crippen molar-refractivity contribution in [3.63, 3.8) is 0 Å². The fraction of sp³-hybridized carbons (Fsp3) is 0.417. The van der Waals surface area contributed by atoms with Crippen LogP contribution in [-0.4, -0.2) is 0 Å². The van der Waals surface area contributed by atoms with Gasteiger partial charge in [0.2, 0.25) is 0 Å². The topological polar surface area (TPSA) is 0 Å². The first-order valence-electron chi connectivity index (χ1n) is 4.73. The van der Waals surface area contributed by atoms with Crippen molar-refractivity contribution in [2.45, 2.75) is 32.1 Å². The van der Waals surface area contributed by atoms with Gasteiger partial charge in [-0.2, -0.15) is 49.2 Å². The predicted molar refractivity (Wildman–Crippen MR) is 52.7 cm³/mol. The second kappa shape index (κ2) is 10.4. The van der Waals surface area contributed by atoms with E-state index >= 15 is 0 Å². The minimum Gasteiger partial charge on any atom is -0.328 e. The van der Waals surface area contributed by atoms with Crippen molar-refractivity contribution in [1.29, 1.82) is 0 Å². The summed E-state index contributed by atoms with van der Waals surface area (Å²) in [4.78, 5) is 0. The maximum absolute atomic E-state index is 2.89. The molecular formula is C12H16Y-2. The molecule has 0 aromatic heterocycles. The van der Waals surface area contributed by atoms with Gasteiger partial charge >= 0.3 is 0 Å². The Kier molecular flexibility index (Phi) is 10.7. The van der Waals surface area contributed by atoms with E-state index < -0.39 is 0 Å². The van der Waals surface area contributed by atoms with Crippen molar-refractivity contribution in [1.82, 2.24) is 0 Å². The molecule has 0 heterocycles. The summed E-state index contributed by atoms with van der Waals surface area (Å²) in [6, 6.07) is 12.5. The number of benzene rings is 1. The summed E-state index contributed by atoms with van der Waals surface area (Å²) in [6.07, 6.45) is 9.50. The zero-order chi connectivity index (χ0) is 8.49. The molecule has 0 aliphatic heterocycles. The summed E-state index contributed by atoms with van der Waals surface area (Å²) in [5.74, 6) is 0. The van der Waals surface area contributed by atoms with E-state index in [0.717, 1.165) is 0 Å². The quantitative estimate of drug-likeness (QED) is 0.616. The van der Waals surface area contributed by atoms with Gasteiger partial charge in [0.05, 0.1) is 0 Å². The molecule has 1 aliphatic carbocycles. The Morgan fingerprint density at radius 3 is 1.62 bits per heavy atom. The second-order valence-electron chi connectivity index (χ2n) is 3.00. The molecule has 0 bridgehead atoms. The van der Waals surface area contributed by atoms with Crippen LogP contribution < -0.4 is 0 Å². The zero-order valence-corrected chi connectivity index (χ0v) is 10.9. The minimum atomic E-state index is 0. The molecule has 1 fully saturated rings. The molecule has 0 unspecified atom stereocenters. The van der Waals surface area contributed by atoms with Gasteiger partial charge in [0.25, 0.3) is 0 Å². The largest absolute Gasteiger partial charge is 0.328 e. The Bertz CT molecular complexity index is 130. The molecule has 0 spiro atoms. The van der Waals surface area contributed by atoms with Crippen LogP contribution in [0.3, 0.4) is 0 Å². The fourth-order valence-corrected chi connectivity index (χ4v) is 1.24. The SMILES string of the molecule is [CH-]1CCCCC1.[Y].[c-]1ccccc1. The van der Waals surface area contributed by atoms with Crippen LogP contribution in [0.1, 0.15) is 32.1 Å².